The van der Waals surface area contributed by atoms with E-state index in [4.69, 9.17) is 20.8 Å². The molecule has 0 fully saturated rings. The third-order valence-electron chi connectivity index (χ3n) is 7.07. The third kappa shape index (κ3) is 8.72. The number of ether oxygens (including phenoxy) is 1. The molecule has 5 rings (SSSR count). The molecule has 238 valence electrons. The first-order valence-electron chi connectivity index (χ1n) is 14.7. The van der Waals surface area contributed by atoms with Crippen LogP contribution in [-0.2, 0) is 9.59 Å². The topological polar surface area (TPSA) is 110 Å². The minimum absolute atomic E-state index is 0.0140. The Hall–Kier alpha value is -5.25. The standard InChI is InChI=1S/C37H32ClN3O5S/c1-23-13-14-26(38)21-31(23)40-35(42)24(2)47-29-18-15-27(16-19-29)39-37(44)32(41-36(43)25-9-5-4-6-10-25)22-28-17-20-34(46-28)30-11-7-8-12-33(30)45-3/h4-22,24H,1-3H3,(H,39,44)(H,40,42)(H,41,43)/b32-22+. The van der Waals surface area contributed by atoms with Crippen molar-refractivity contribution >= 4 is 58.5 Å². The van der Waals surface area contributed by atoms with E-state index in [9.17, 15) is 14.4 Å². The second-order valence-electron chi connectivity index (χ2n) is 10.5. The highest BCUT2D eigenvalue weighted by atomic mass is 35.5. The highest BCUT2D eigenvalue weighted by Gasteiger charge is 2.18. The maximum absolute atomic E-state index is 13.5. The van der Waals surface area contributed by atoms with Crippen LogP contribution in [0.5, 0.6) is 5.75 Å². The van der Waals surface area contributed by atoms with Gasteiger partial charge >= 0.3 is 0 Å². The molecule has 0 saturated carbocycles. The molecule has 0 aliphatic heterocycles. The van der Waals surface area contributed by atoms with Gasteiger partial charge in [0, 0.05) is 32.9 Å². The lowest BCUT2D eigenvalue weighted by atomic mass is 10.1. The van der Waals surface area contributed by atoms with E-state index in [0.29, 0.717) is 39.2 Å². The van der Waals surface area contributed by atoms with E-state index >= 15 is 0 Å². The summed E-state index contributed by atoms with van der Waals surface area (Å²) in [6.45, 7) is 3.72. The molecule has 8 nitrogen and oxygen atoms in total. The Balaban J connectivity index is 1.30. The zero-order valence-electron chi connectivity index (χ0n) is 25.9. The van der Waals surface area contributed by atoms with Crippen LogP contribution in [0.2, 0.25) is 5.02 Å². The number of hydrogen-bond acceptors (Lipinski definition) is 6. The molecular weight excluding hydrogens is 634 g/mol. The number of anilines is 2. The highest BCUT2D eigenvalue weighted by Crippen LogP contribution is 2.32. The van der Waals surface area contributed by atoms with E-state index in [2.05, 4.69) is 16.0 Å². The van der Waals surface area contributed by atoms with Crippen LogP contribution in [-0.4, -0.2) is 30.1 Å². The van der Waals surface area contributed by atoms with Crippen molar-refractivity contribution in [3.63, 3.8) is 0 Å². The van der Waals surface area contributed by atoms with Crippen molar-refractivity contribution in [2.45, 2.75) is 24.0 Å². The van der Waals surface area contributed by atoms with Crippen LogP contribution in [0.3, 0.4) is 0 Å². The molecule has 0 saturated heterocycles. The second kappa shape index (κ2) is 15.4. The number of amides is 3. The van der Waals surface area contributed by atoms with Gasteiger partial charge in [-0.3, -0.25) is 14.4 Å². The van der Waals surface area contributed by atoms with Gasteiger partial charge in [-0.2, -0.15) is 0 Å². The summed E-state index contributed by atoms with van der Waals surface area (Å²) in [5.41, 5.74) is 3.21. The summed E-state index contributed by atoms with van der Waals surface area (Å²) in [6.07, 6.45) is 1.47. The molecular formula is C37H32ClN3O5S. The molecule has 4 aromatic carbocycles. The van der Waals surface area contributed by atoms with Crippen LogP contribution in [0.4, 0.5) is 11.4 Å². The van der Waals surface area contributed by atoms with Crippen LogP contribution in [0.25, 0.3) is 17.4 Å². The zero-order valence-corrected chi connectivity index (χ0v) is 27.4. The molecule has 5 aromatic rings. The number of nitrogens with one attached hydrogen (secondary N) is 3. The van der Waals surface area contributed by atoms with E-state index in [1.165, 1.54) is 17.8 Å². The normalized spacial score (nSPS) is 11.8. The monoisotopic (exact) mass is 665 g/mol. The summed E-state index contributed by atoms with van der Waals surface area (Å²) >= 11 is 7.47. The van der Waals surface area contributed by atoms with Gasteiger partial charge < -0.3 is 25.1 Å². The van der Waals surface area contributed by atoms with E-state index < -0.39 is 17.1 Å². The number of carbonyl (C=O) groups is 3. The Morgan fingerprint density at radius 2 is 1.60 bits per heavy atom. The molecule has 1 atom stereocenters. The molecule has 1 heterocycles. The van der Waals surface area contributed by atoms with Crippen molar-refractivity contribution in [2.24, 2.45) is 0 Å². The van der Waals surface area contributed by atoms with Gasteiger partial charge in [-0.25, -0.2) is 0 Å². The van der Waals surface area contributed by atoms with Gasteiger partial charge in [-0.05, 0) is 92.2 Å². The maximum atomic E-state index is 13.5. The lowest BCUT2D eigenvalue weighted by molar-refractivity contribution is -0.115. The van der Waals surface area contributed by atoms with Crippen LogP contribution < -0.4 is 20.7 Å². The van der Waals surface area contributed by atoms with Crippen molar-refractivity contribution in [1.82, 2.24) is 5.32 Å². The first kappa shape index (κ1) is 33.1. The lowest BCUT2D eigenvalue weighted by Crippen LogP contribution is -2.30. The molecule has 0 aliphatic carbocycles. The van der Waals surface area contributed by atoms with Crippen molar-refractivity contribution in [1.29, 1.82) is 0 Å². The number of aryl methyl sites for hydroxylation is 1. The summed E-state index contributed by atoms with van der Waals surface area (Å²) in [6, 6.07) is 31.9. The average molecular weight is 666 g/mol. The SMILES string of the molecule is COc1ccccc1-c1ccc(/C=C(/NC(=O)c2ccccc2)C(=O)Nc2ccc(SC(C)C(=O)Nc3cc(Cl)ccc3C)cc2)o1. The Bertz CT molecular complexity index is 1920. The predicted octanol–water partition coefficient (Wildman–Crippen LogP) is 8.45. The van der Waals surface area contributed by atoms with Crippen molar-refractivity contribution < 1.29 is 23.5 Å². The molecule has 3 amide bonds. The molecule has 1 unspecified atom stereocenters. The number of halogens is 1. The van der Waals surface area contributed by atoms with Gasteiger partial charge in [0.2, 0.25) is 5.91 Å². The van der Waals surface area contributed by atoms with Gasteiger partial charge in [0.05, 0.1) is 17.9 Å². The Labute approximate surface area is 282 Å². The summed E-state index contributed by atoms with van der Waals surface area (Å²) in [5, 5.41) is 8.63. The molecule has 0 bridgehead atoms. The van der Waals surface area contributed by atoms with Crippen molar-refractivity contribution in [3.05, 3.63) is 137 Å². The van der Waals surface area contributed by atoms with Crippen LogP contribution in [0, 0.1) is 6.92 Å². The molecule has 47 heavy (non-hydrogen) atoms. The largest absolute Gasteiger partial charge is 0.496 e. The number of furan rings is 1. The fourth-order valence-corrected chi connectivity index (χ4v) is 5.58. The molecule has 1 aromatic heterocycles. The summed E-state index contributed by atoms with van der Waals surface area (Å²) < 4.78 is 11.5. The van der Waals surface area contributed by atoms with Gasteiger partial charge in [0.15, 0.2) is 0 Å². The predicted molar refractivity (Wildman–Crippen MR) is 188 cm³/mol. The fourth-order valence-electron chi connectivity index (χ4n) is 4.54. The van der Waals surface area contributed by atoms with Gasteiger partial charge in [0.25, 0.3) is 11.8 Å². The Morgan fingerprint density at radius 3 is 2.34 bits per heavy atom. The average Bonchev–Trinajstić information content (AvgIpc) is 3.55. The van der Waals surface area contributed by atoms with Gasteiger partial charge in [0.1, 0.15) is 23.0 Å². The number of rotatable bonds is 11. The summed E-state index contributed by atoms with van der Waals surface area (Å²) in [4.78, 5) is 40.2. The Kier molecular flexibility index (Phi) is 10.8. The minimum atomic E-state index is -0.547. The highest BCUT2D eigenvalue weighted by molar-refractivity contribution is 8.00. The number of hydrogen-bond donors (Lipinski definition) is 3. The van der Waals surface area contributed by atoms with Crippen LogP contribution >= 0.6 is 23.4 Å². The maximum Gasteiger partial charge on any atom is 0.272 e. The number of benzene rings is 4. The summed E-state index contributed by atoms with van der Waals surface area (Å²) in [5.74, 6) is 0.386. The van der Waals surface area contributed by atoms with Crippen molar-refractivity contribution in [3.8, 4) is 17.1 Å². The smallest absolute Gasteiger partial charge is 0.272 e. The second-order valence-corrected chi connectivity index (χ2v) is 12.3. The number of carbonyl (C=O) groups excluding carboxylic acids is 3. The molecule has 0 aliphatic rings. The molecule has 0 radical (unpaired) electrons. The quantitative estimate of drug-likeness (QED) is 0.0965. The first-order chi connectivity index (χ1) is 22.7. The van der Waals surface area contributed by atoms with Crippen LogP contribution in [0.1, 0.15) is 28.6 Å². The number of methoxy groups -OCH3 is 1. The lowest BCUT2D eigenvalue weighted by Gasteiger charge is -2.14. The van der Waals surface area contributed by atoms with E-state index in [0.717, 1.165) is 16.0 Å². The summed E-state index contributed by atoms with van der Waals surface area (Å²) in [7, 11) is 1.58. The fraction of sp³-hybridized carbons (Fsp3) is 0.108. The zero-order chi connectivity index (χ0) is 33.3. The minimum Gasteiger partial charge on any atom is -0.496 e. The van der Waals surface area contributed by atoms with E-state index in [1.54, 1.807) is 73.8 Å². The van der Waals surface area contributed by atoms with E-state index in [-0.39, 0.29) is 11.6 Å². The van der Waals surface area contributed by atoms with Gasteiger partial charge in [-0.15, -0.1) is 11.8 Å². The van der Waals surface area contributed by atoms with Crippen molar-refractivity contribution in [2.75, 3.05) is 17.7 Å². The van der Waals surface area contributed by atoms with E-state index in [1.807, 2.05) is 56.3 Å². The molecule has 0 spiro atoms. The number of para-hydroxylation sites is 1. The molecule has 3 N–H and O–H groups in total. The first-order valence-corrected chi connectivity index (χ1v) is 15.9. The van der Waals surface area contributed by atoms with Crippen LogP contribution in [0.15, 0.2) is 124 Å². The van der Waals surface area contributed by atoms with Gasteiger partial charge in [-0.1, -0.05) is 48.0 Å². The molecule has 10 heteroatoms. The Morgan fingerprint density at radius 1 is 0.872 bits per heavy atom. The number of thioether (sulfide) groups is 1. The third-order valence-corrected chi connectivity index (χ3v) is 8.41.